The molecule has 1 aliphatic rings. The summed E-state index contributed by atoms with van der Waals surface area (Å²) in [6.07, 6.45) is 3.79. The molecule has 0 radical (unpaired) electrons. The maximum atomic E-state index is 12.6. The lowest BCUT2D eigenvalue weighted by Crippen LogP contribution is -2.44. The zero-order chi connectivity index (χ0) is 19.7. The molecular formula is C22H27N5O. The van der Waals surface area contributed by atoms with Gasteiger partial charge in [0.25, 0.3) is 0 Å². The molecule has 6 heteroatoms. The number of hydrogen-bond donors (Lipinski definition) is 1. The lowest BCUT2D eigenvalue weighted by Gasteiger charge is -2.29. The maximum Gasteiger partial charge on any atom is 0.242 e. The van der Waals surface area contributed by atoms with Crippen LogP contribution in [0.2, 0.25) is 0 Å². The van der Waals surface area contributed by atoms with E-state index in [1.54, 1.807) is 10.9 Å². The number of nitrogens with one attached hydrogen (secondary N) is 1. The second-order valence-corrected chi connectivity index (χ2v) is 7.81. The molecule has 146 valence electrons. The molecule has 3 heterocycles. The highest BCUT2D eigenvalue weighted by Gasteiger charge is 2.20. The summed E-state index contributed by atoms with van der Waals surface area (Å²) in [7, 11) is 2.12. The van der Waals surface area contributed by atoms with Crippen LogP contribution in [-0.2, 0) is 11.3 Å². The first-order valence-corrected chi connectivity index (χ1v) is 9.88. The predicted octanol–water partition coefficient (Wildman–Crippen LogP) is 2.93. The molecule has 0 spiro atoms. The standard InChI is InChI=1S/C22H27N5O/c1-15-4-6-17(7-5-15)19-8-11-23-22-21(19)16(2)25-27(22)14-20(28)24-18-9-12-26(3)13-10-18/h4-8,11,18H,9-10,12-14H2,1-3H3,(H,24,28). The van der Waals surface area contributed by atoms with Gasteiger partial charge in [0.15, 0.2) is 5.65 Å². The number of fused-ring (bicyclic) bond motifs is 1. The van der Waals surface area contributed by atoms with Gasteiger partial charge in [0.05, 0.1) is 5.69 Å². The second kappa shape index (κ2) is 7.72. The molecule has 4 rings (SSSR count). The summed E-state index contributed by atoms with van der Waals surface area (Å²) in [5.41, 5.74) is 5.12. The van der Waals surface area contributed by atoms with Crippen LogP contribution in [0, 0.1) is 13.8 Å². The number of carbonyl (C=O) groups excluding carboxylic acids is 1. The van der Waals surface area contributed by atoms with Crippen molar-refractivity contribution in [3.05, 3.63) is 47.8 Å². The van der Waals surface area contributed by atoms with E-state index in [4.69, 9.17) is 0 Å². The fraction of sp³-hybridized carbons (Fsp3) is 0.409. The average Bonchev–Trinajstić information content (AvgIpc) is 3.00. The lowest BCUT2D eigenvalue weighted by molar-refractivity contribution is -0.122. The highest BCUT2D eigenvalue weighted by molar-refractivity contribution is 5.95. The normalized spacial score (nSPS) is 15.8. The monoisotopic (exact) mass is 377 g/mol. The number of aryl methyl sites for hydroxylation is 2. The Morgan fingerprint density at radius 1 is 1.14 bits per heavy atom. The zero-order valence-corrected chi connectivity index (χ0v) is 16.8. The Morgan fingerprint density at radius 2 is 1.86 bits per heavy atom. The molecule has 2 aromatic heterocycles. The van der Waals surface area contributed by atoms with E-state index in [1.807, 2.05) is 13.0 Å². The van der Waals surface area contributed by atoms with Gasteiger partial charge in [-0.15, -0.1) is 0 Å². The molecule has 3 aromatic rings. The summed E-state index contributed by atoms with van der Waals surface area (Å²) < 4.78 is 1.73. The van der Waals surface area contributed by atoms with Gasteiger partial charge in [0.2, 0.25) is 5.91 Å². The summed E-state index contributed by atoms with van der Waals surface area (Å²) >= 11 is 0. The molecule has 0 unspecified atom stereocenters. The topological polar surface area (TPSA) is 63.1 Å². The molecule has 1 saturated heterocycles. The Labute approximate surface area is 165 Å². The molecule has 0 bridgehead atoms. The first-order chi connectivity index (χ1) is 13.5. The maximum absolute atomic E-state index is 12.6. The summed E-state index contributed by atoms with van der Waals surface area (Å²) in [4.78, 5) is 19.4. The Morgan fingerprint density at radius 3 is 2.57 bits per heavy atom. The molecule has 1 fully saturated rings. The van der Waals surface area contributed by atoms with Crippen LogP contribution in [0.1, 0.15) is 24.1 Å². The van der Waals surface area contributed by atoms with E-state index in [9.17, 15) is 4.79 Å². The molecular weight excluding hydrogens is 350 g/mol. The summed E-state index contributed by atoms with van der Waals surface area (Å²) in [5, 5.41) is 8.80. The van der Waals surface area contributed by atoms with Gasteiger partial charge in [0, 0.05) is 17.6 Å². The Bertz CT molecular complexity index is 984. The molecule has 1 aliphatic heterocycles. The third-order valence-electron chi connectivity index (χ3n) is 5.55. The first kappa shape index (κ1) is 18.6. The van der Waals surface area contributed by atoms with Crippen LogP contribution in [0.25, 0.3) is 22.2 Å². The number of rotatable bonds is 4. The average molecular weight is 377 g/mol. The van der Waals surface area contributed by atoms with Gasteiger partial charge in [-0.2, -0.15) is 5.10 Å². The largest absolute Gasteiger partial charge is 0.352 e. The minimum absolute atomic E-state index is 0.00138. The molecule has 0 aliphatic carbocycles. The minimum Gasteiger partial charge on any atom is -0.352 e. The predicted molar refractivity (Wildman–Crippen MR) is 111 cm³/mol. The third-order valence-corrected chi connectivity index (χ3v) is 5.55. The minimum atomic E-state index is 0.00138. The van der Waals surface area contributed by atoms with E-state index in [1.165, 1.54) is 5.56 Å². The van der Waals surface area contributed by atoms with Crippen LogP contribution >= 0.6 is 0 Å². The highest BCUT2D eigenvalue weighted by atomic mass is 16.2. The molecule has 1 aromatic carbocycles. The van der Waals surface area contributed by atoms with Gasteiger partial charge >= 0.3 is 0 Å². The number of likely N-dealkylation sites (tertiary alicyclic amines) is 1. The fourth-order valence-electron chi connectivity index (χ4n) is 3.93. The van der Waals surface area contributed by atoms with Crippen molar-refractivity contribution in [2.75, 3.05) is 20.1 Å². The van der Waals surface area contributed by atoms with E-state index in [2.05, 4.69) is 58.5 Å². The van der Waals surface area contributed by atoms with Gasteiger partial charge in [-0.1, -0.05) is 29.8 Å². The van der Waals surface area contributed by atoms with E-state index >= 15 is 0 Å². The SMILES string of the molecule is Cc1ccc(-c2ccnc3c2c(C)nn3CC(=O)NC2CCN(C)CC2)cc1. The Balaban J connectivity index is 1.58. The fourth-order valence-corrected chi connectivity index (χ4v) is 3.93. The van der Waals surface area contributed by atoms with Crippen molar-refractivity contribution in [2.24, 2.45) is 0 Å². The lowest BCUT2D eigenvalue weighted by atomic mass is 10.0. The number of nitrogens with zero attached hydrogens (tertiary/aromatic N) is 4. The van der Waals surface area contributed by atoms with E-state index in [-0.39, 0.29) is 18.5 Å². The molecule has 6 nitrogen and oxygen atoms in total. The number of hydrogen-bond acceptors (Lipinski definition) is 4. The van der Waals surface area contributed by atoms with E-state index < -0.39 is 0 Å². The molecule has 1 N–H and O–H groups in total. The second-order valence-electron chi connectivity index (χ2n) is 7.81. The third kappa shape index (κ3) is 3.78. The number of pyridine rings is 1. The quantitative estimate of drug-likeness (QED) is 0.759. The number of aromatic nitrogens is 3. The van der Waals surface area contributed by atoms with Crippen molar-refractivity contribution in [2.45, 2.75) is 39.3 Å². The van der Waals surface area contributed by atoms with Crippen molar-refractivity contribution in [1.82, 2.24) is 25.0 Å². The number of carbonyl (C=O) groups is 1. The van der Waals surface area contributed by atoms with Crippen LogP contribution < -0.4 is 5.32 Å². The molecule has 1 amide bonds. The zero-order valence-electron chi connectivity index (χ0n) is 16.8. The number of piperidine rings is 1. The van der Waals surface area contributed by atoms with Gasteiger partial charge in [-0.3, -0.25) is 4.79 Å². The van der Waals surface area contributed by atoms with E-state index in [0.717, 1.165) is 53.8 Å². The van der Waals surface area contributed by atoms with Crippen molar-refractivity contribution in [3.63, 3.8) is 0 Å². The summed E-state index contributed by atoms with van der Waals surface area (Å²) in [6.45, 7) is 6.30. The van der Waals surface area contributed by atoms with Crippen molar-refractivity contribution in [3.8, 4) is 11.1 Å². The van der Waals surface area contributed by atoms with Crippen molar-refractivity contribution >= 4 is 16.9 Å². The first-order valence-electron chi connectivity index (χ1n) is 9.88. The van der Waals surface area contributed by atoms with Gasteiger partial charge in [0.1, 0.15) is 6.54 Å². The van der Waals surface area contributed by atoms with Gasteiger partial charge in [-0.25, -0.2) is 9.67 Å². The van der Waals surface area contributed by atoms with Crippen LogP contribution in [-0.4, -0.2) is 51.8 Å². The number of benzene rings is 1. The van der Waals surface area contributed by atoms with Gasteiger partial charge in [-0.05, 0) is 64.0 Å². The van der Waals surface area contributed by atoms with Crippen LogP contribution in [0.4, 0.5) is 0 Å². The highest BCUT2D eigenvalue weighted by Crippen LogP contribution is 2.29. The Kier molecular flexibility index (Phi) is 5.13. The summed E-state index contributed by atoms with van der Waals surface area (Å²) in [6, 6.07) is 10.7. The Hall–Kier alpha value is -2.73. The molecule has 28 heavy (non-hydrogen) atoms. The van der Waals surface area contributed by atoms with E-state index in [0.29, 0.717) is 0 Å². The summed E-state index contributed by atoms with van der Waals surface area (Å²) in [5.74, 6) is 0.00138. The van der Waals surface area contributed by atoms with Gasteiger partial charge < -0.3 is 10.2 Å². The van der Waals surface area contributed by atoms with Crippen LogP contribution in [0.15, 0.2) is 36.5 Å². The smallest absolute Gasteiger partial charge is 0.242 e. The van der Waals surface area contributed by atoms with Crippen LogP contribution in [0.5, 0.6) is 0 Å². The van der Waals surface area contributed by atoms with Crippen molar-refractivity contribution < 1.29 is 4.79 Å². The molecule has 0 saturated carbocycles. The number of amides is 1. The van der Waals surface area contributed by atoms with Crippen LogP contribution in [0.3, 0.4) is 0 Å². The van der Waals surface area contributed by atoms with Crippen molar-refractivity contribution in [1.29, 1.82) is 0 Å². The molecule has 0 atom stereocenters.